The molecule has 2 aliphatic carbocycles. The van der Waals surface area contributed by atoms with Crippen LogP contribution in [0.1, 0.15) is 132 Å². The molecule has 2 aromatic carbocycles. The highest BCUT2D eigenvalue weighted by Gasteiger charge is 2.68. The Morgan fingerprint density at radius 2 is 1.08 bits per heavy atom. The Balaban J connectivity index is 1.03. The van der Waals surface area contributed by atoms with E-state index in [0.717, 1.165) is 36.5 Å². The number of esters is 4. The van der Waals surface area contributed by atoms with Gasteiger partial charge in [0.25, 0.3) is 0 Å². The van der Waals surface area contributed by atoms with E-state index in [1.807, 2.05) is 41.3 Å². The molecule has 0 aromatic heterocycles. The maximum Gasteiger partial charge on any atom is 0.339 e. The molecule has 6 heterocycles. The van der Waals surface area contributed by atoms with E-state index in [9.17, 15) is 39.6 Å². The number of hydrogen-bond acceptors (Lipinski definition) is 20. The lowest BCUT2D eigenvalue weighted by Gasteiger charge is -2.42. The summed E-state index contributed by atoms with van der Waals surface area (Å²) in [6.45, 7) is 7.17. The molecule has 10 rings (SSSR count). The predicted octanol–water partition coefficient (Wildman–Crippen LogP) is 4.30. The van der Waals surface area contributed by atoms with Crippen LogP contribution in [0.3, 0.4) is 0 Å². The largest absolute Gasteiger partial charge is 0.497 e. The second-order valence-electron chi connectivity index (χ2n) is 23.9. The van der Waals surface area contributed by atoms with Crippen LogP contribution in [-0.4, -0.2) is 167 Å². The van der Waals surface area contributed by atoms with E-state index in [0.29, 0.717) is 61.0 Å². The van der Waals surface area contributed by atoms with Crippen LogP contribution >= 0.6 is 0 Å². The SMILES string of the molecule is COC(=O)C[C@@](O)(CCCC(C)(C)O)C(=O)O[C@@H]1C(OC)=CC23CC(C4CCC56C=C(OC)[C@@H](OC(=O)[C@](O)(CCCC(C)(C)O)CC(=O)OC)[C@H]5c5cc7c(cc5CCN46)OCO7)C(=O)N2CCc2cc4c(cc2[C@H]13)OCO4. The zero-order chi connectivity index (χ0) is 56.6. The Morgan fingerprint density at radius 3 is 1.53 bits per heavy atom. The molecule has 0 radical (unpaired) electrons. The highest BCUT2D eigenvalue weighted by Crippen LogP contribution is 2.62. The fraction of sp³-hybridized carbons (Fsp3) is 0.638. The van der Waals surface area contributed by atoms with E-state index in [-0.39, 0.29) is 76.7 Å². The molecule has 430 valence electrons. The van der Waals surface area contributed by atoms with Gasteiger partial charge in [0.1, 0.15) is 11.5 Å². The minimum atomic E-state index is -2.36. The van der Waals surface area contributed by atoms with E-state index in [1.54, 1.807) is 27.7 Å². The second kappa shape index (κ2) is 20.8. The quantitative estimate of drug-likeness (QED) is 0.113. The Hall–Kier alpha value is -6.13. The number of nitrogens with zero attached hydrogens (tertiary/aromatic N) is 2. The highest BCUT2D eigenvalue weighted by molar-refractivity contribution is 5.88. The van der Waals surface area contributed by atoms with Crippen molar-refractivity contribution >= 4 is 29.8 Å². The van der Waals surface area contributed by atoms with Crippen molar-refractivity contribution in [2.24, 2.45) is 5.92 Å². The van der Waals surface area contributed by atoms with Crippen LogP contribution in [0.4, 0.5) is 0 Å². The summed E-state index contributed by atoms with van der Waals surface area (Å²) in [5.74, 6) is -3.51. The minimum absolute atomic E-state index is 0.00448. The summed E-state index contributed by atoms with van der Waals surface area (Å²) >= 11 is 0. The Kier molecular flexibility index (Phi) is 14.8. The molecule has 4 N–H and O–H groups in total. The average Bonchev–Trinajstić information content (AvgIpc) is 3.27. The molecular formula is C58H74N2O19. The van der Waals surface area contributed by atoms with Gasteiger partial charge in [0, 0.05) is 19.1 Å². The van der Waals surface area contributed by atoms with Gasteiger partial charge in [-0.05, 0) is 157 Å². The summed E-state index contributed by atoms with van der Waals surface area (Å²) in [5, 5.41) is 45.3. The molecule has 10 atom stereocenters. The number of aliphatic hydroxyl groups is 4. The summed E-state index contributed by atoms with van der Waals surface area (Å²) in [7, 11) is 5.26. The highest BCUT2D eigenvalue weighted by atomic mass is 16.7. The fourth-order valence-corrected chi connectivity index (χ4v) is 14.1. The number of benzene rings is 2. The van der Waals surface area contributed by atoms with Crippen LogP contribution in [0.15, 0.2) is 47.9 Å². The van der Waals surface area contributed by atoms with Crippen LogP contribution in [0.5, 0.6) is 23.0 Å². The first kappa shape index (κ1) is 56.2. The lowest BCUT2D eigenvalue weighted by Crippen LogP contribution is -2.53. The van der Waals surface area contributed by atoms with Gasteiger partial charge in [-0.15, -0.1) is 0 Å². The summed E-state index contributed by atoms with van der Waals surface area (Å²) in [6, 6.07) is 7.17. The van der Waals surface area contributed by atoms with Gasteiger partial charge >= 0.3 is 23.9 Å². The number of hydrogen-bond donors (Lipinski definition) is 4. The molecular weight excluding hydrogens is 1030 g/mol. The molecule has 2 fully saturated rings. The van der Waals surface area contributed by atoms with Gasteiger partial charge in [-0.3, -0.25) is 19.3 Å². The molecule has 0 bridgehead atoms. The van der Waals surface area contributed by atoms with E-state index in [2.05, 4.69) is 4.90 Å². The van der Waals surface area contributed by atoms with Crippen molar-refractivity contribution in [2.75, 3.05) is 55.1 Å². The van der Waals surface area contributed by atoms with Crippen LogP contribution in [0, 0.1) is 5.92 Å². The number of methoxy groups -OCH3 is 4. The summed E-state index contributed by atoms with van der Waals surface area (Å²) < 4.78 is 58.7. The van der Waals surface area contributed by atoms with Gasteiger partial charge in [0.05, 0.1) is 81.3 Å². The molecule has 0 saturated carbocycles. The van der Waals surface area contributed by atoms with Crippen molar-refractivity contribution in [3.63, 3.8) is 0 Å². The molecule has 21 heteroatoms. The van der Waals surface area contributed by atoms with Crippen LogP contribution < -0.4 is 18.9 Å². The number of ether oxygens (including phenoxy) is 10. The monoisotopic (exact) mass is 1100 g/mol. The average molecular weight is 1100 g/mol. The molecule has 21 nitrogen and oxygen atoms in total. The van der Waals surface area contributed by atoms with Gasteiger partial charge in [0.15, 0.2) is 46.4 Å². The van der Waals surface area contributed by atoms with Gasteiger partial charge in [-0.25, -0.2) is 9.59 Å². The van der Waals surface area contributed by atoms with Gasteiger partial charge in [-0.2, -0.15) is 0 Å². The summed E-state index contributed by atoms with van der Waals surface area (Å²) in [5.41, 5.74) is -5.80. The van der Waals surface area contributed by atoms with E-state index in [4.69, 9.17) is 47.4 Å². The Morgan fingerprint density at radius 1 is 0.633 bits per heavy atom. The van der Waals surface area contributed by atoms with Crippen LogP contribution in [0.2, 0.25) is 0 Å². The van der Waals surface area contributed by atoms with E-state index in [1.165, 1.54) is 14.2 Å². The maximum atomic E-state index is 15.8. The smallest absolute Gasteiger partial charge is 0.339 e. The molecule has 4 unspecified atom stereocenters. The molecule has 1 amide bonds. The number of carbonyl (C=O) groups excluding carboxylic acids is 5. The van der Waals surface area contributed by atoms with Gasteiger partial charge in [0.2, 0.25) is 19.5 Å². The minimum Gasteiger partial charge on any atom is -0.497 e. The molecule has 2 saturated heterocycles. The van der Waals surface area contributed by atoms with Crippen molar-refractivity contribution in [2.45, 2.75) is 175 Å². The molecule has 2 spiro atoms. The Labute approximate surface area is 458 Å². The number of rotatable bonds is 19. The number of amides is 1. The molecule has 79 heavy (non-hydrogen) atoms. The zero-order valence-corrected chi connectivity index (χ0v) is 46.3. The summed E-state index contributed by atoms with van der Waals surface area (Å²) in [4.78, 5) is 75.2. The van der Waals surface area contributed by atoms with Gasteiger partial charge < -0.3 is 72.7 Å². The third-order valence-electron chi connectivity index (χ3n) is 17.9. The molecule has 8 aliphatic rings. The molecule has 2 aromatic rings. The lowest BCUT2D eigenvalue weighted by molar-refractivity contribution is -0.178. The second-order valence-corrected chi connectivity index (χ2v) is 23.9. The van der Waals surface area contributed by atoms with Crippen molar-refractivity contribution in [1.82, 2.24) is 9.80 Å². The third-order valence-corrected chi connectivity index (χ3v) is 17.9. The maximum absolute atomic E-state index is 15.8. The van der Waals surface area contributed by atoms with Crippen molar-refractivity contribution in [3.8, 4) is 23.0 Å². The predicted molar refractivity (Wildman–Crippen MR) is 276 cm³/mol. The normalized spacial score (nSPS) is 28.7. The standard InChI is InChI=1S/C58H74N2O19/c1-53(2,66)14-9-16-57(68,28-44(61)72-7)51(64)78-48-42(70-5)26-55-18-11-37(59(55)19-12-32-21-38-40(76-30-74-38)23-34(32)46(48)55)36-25-56-27-43(71-6)49(79-52(65)58(69,29-45(62)73-8)17-10-15-54(3,4)67)47(56)35-24-41-39(75-31-77-41)22-33(35)13-20-60(56)50(36)63/h21-24,26-27,36-37,46-49,66-69H,9-20,25,28-31H2,1-8H3/t36?,37?,46-,47-,48-,49-,55?,56?,57+,58+/m1/s1. The van der Waals surface area contributed by atoms with Crippen molar-refractivity contribution in [1.29, 1.82) is 0 Å². The first-order valence-corrected chi connectivity index (χ1v) is 27.3. The van der Waals surface area contributed by atoms with Gasteiger partial charge in [-0.1, -0.05) is 0 Å². The molecule has 6 aliphatic heterocycles. The lowest BCUT2D eigenvalue weighted by atomic mass is 9.75. The van der Waals surface area contributed by atoms with Crippen molar-refractivity contribution in [3.05, 3.63) is 70.2 Å². The van der Waals surface area contributed by atoms with Crippen LogP contribution in [0.25, 0.3) is 0 Å². The first-order chi connectivity index (χ1) is 37.4. The summed E-state index contributed by atoms with van der Waals surface area (Å²) in [6.07, 6.45) is 2.53. The van der Waals surface area contributed by atoms with Crippen LogP contribution in [-0.2, 0) is 65.2 Å². The van der Waals surface area contributed by atoms with Crippen molar-refractivity contribution < 1.29 is 91.8 Å². The Bertz CT molecular complexity index is 2830. The number of fused-ring (bicyclic) bond motifs is 6. The third kappa shape index (κ3) is 10.0. The first-order valence-electron chi connectivity index (χ1n) is 27.3. The topological polar surface area (TPSA) is 265 Å². The number of carbonyl (C=O) groups is 5. The van der Waals surface area contributed by atoms with E-state index < -0.39 is 106 Å². The van der Waals surface area contributed by atoms with E-state index >= 15 is 4.79 Å². The fourth-order valence-electron chi connectivity index (χ4n) is 14.1. The zero-order valence-electron chi connectivity index (χ0n) is 46.3.